The third-order valence-corrected chi connectivity index (χ3v) is 2.68. The van der Waals surface area contributed by atoms with Gasteiger partial charge in [0.15, 0.2) is 0 Å². The number of halogens is 3. The Bertz CT molecular complexity index is 604. The molecule has 18 heavy (non-hydrogen) atoms. The Morgan fingerprint density at radius 2 is 2.00 bits per heavy atom. The standard InChI is InChI=1S/C12H7Cl2FN2O/c13-7-3-4-16-11(5-7)12(18)17-10-2-1-8(15)6-9(10)14/h1-6H,(H,17,18). The second-order valence-corrected chi connectivity index (χ2v) is 4.28. The largest absolute Gasteiger partial charge is 0.319 e. The van der Waals surface area contributed by atoms with Gasteiger partial charge in [-0.05, 0) is 30.3 Å². The van der Waals surface area contributed by atoms with E-state index in [-0.39, 0.29) is 10.7 Å². The van der Waals surface area contributed by atoms with Gasteiger partial charge >= 0.3 is 0 Å². The molecule has 0 saturated carbocycles. The molecule has 6 heteroatoms. The minimum atomic E-state index is -0.473. The average molecular weight is 285 g/mol. The lowest BCUT2D eigenvalue weighted by Crippen LogP contribution is -2.13. The van der Waals surface area contributed by atoms with Crippen molar-refractivity contribution in [3.63, 3.8) is 0 Å². The van der Waals surface area contributed by atoms with Crippen molar-refractivity contribution in [1.82, 2.24) is 4.98 Å². The number of benzene rings is 1. The van der Waals surface area contributed by atoms with Gasteiger partial charge in [-0.15, -0.1) is 0 Å². The van der Waals surface area contributed by atoms with Gasteiger partial charge < -0.3 is 5.32 Å². The second-order valence-electron chi connectivity index (χ2n) is 3.44. The summed E-state index contributed by atoms with van der Waals surface area (Å²) in [6.07, 6.45) is 1.42. The lowest BCUT2D eigenvalue weighted by molar-refractivity contribution is 0.102. The molecule has 0 aliphatic rings. The van der Waals surface area contributed by atoms with Gasteiger partial charge in [-0.25, -0.2) is 4.39 Å². The van der Waals surface area contributed by atoms with E-state index in [4.69, 9.17) is 23.2 Å². The number of nitrogens with one attached hydrogen (secondary N) is 1. The van der Waals surface area contributed by atoms with Gasteiger partial charge in [-0.2, -0.15) is 0 Å². The molecule has 2 rings (SSSR count). The minimum absolute atomic E-state index is 0.116. The zero-order valence-electron chi connectivity index (χ0n) is 8.95. The first-order valence-corrected chi connectivity index (χ1v) is 5.70. The van der Waals surface area contributed by atoms with Crippen LogP contribution in [0.5, 0.6) is 0 Å². The molecule has 1 aromatic heterocycles. The number of rotatable bonds is 2. The lowest BCUT2D eigenvalue weighted by atomic mass is 10.3. The molecule has 0 unspecified atom stereocenters. The van der Waals surface area contributed by atoms with Crippen LogP contribution in [0.15, 0.2) is 36.5 Å². The van der Waals surface area contributed by atoms with E-state index < -0.39 is 11.7 Å². The van der Waals surface area contributed by atoms with Gasteiger partial charge in [0.05, 0.1) is 10.7 Å². The third kappa shape index (κ3) is 2.97. The summed E-state index contributed by atoms with van der Waals surface area (Å²) in [7, 11) is 0. The molecule has 0 saturated heterocycles. The number of nitrogens with zero attached hydrogens (tertiary/aromatic N) is 1. The van der Waals surface area contributed by atoms with Crippen molar-refractivity contribution in [2.45, 2.75) is 0 Å². The lowest BCUT2D eigenvalue weighted by Gasteiger charge is -2.06. The highest BCUT2D eigenvalue weighted by atomic mass is 35.5. The SMILES string of the molecule is O=C(Nc1ccc(F)cc1Cl)c1cc(Cl)ccn1. The van der Waals surface area contributed by atoms with Gasteiger partial charge in [0, 0.05) is 11.2 Å². The van der Waals surface area contributed by atoms with Crippen LogP contribution in [-0.4, -0.2) is 10.9 Å². The topological polar surface area (TPSA) is 42.0 Å². The molecule has 2 aromatic rings. The Labute approximate surface area is 113 Å². The van der Waals surface area contributed by atoms with E-state index in [9.17, 15) is 9.18 Å². The normalized spacial score (nSPS) is 10.2. The van der Waals surface area contributed by atoms with E-state index in [1.165, 1.54) is 24.4 Å². The van der Waals surface area contributed by atoms with Crippen molar-refractivity contribution < 1.29 is 9.18 Å². The summed E-state index contributed by atoms with van der Waals surface area (Å²) in [5.41, 5.74) is 0.465. The molecule has 0 aliphatic heterocycles. The Hall–Kier alpha value is -1.65. The highest BCUT2D eigenvalue weighted by Gasteiger charge is 2.10. The van der Waals surface area contributed by atoms with Crippen LogP contribution < -0.4 is 5.32 Å². The molecule has 1 amide bonds. The fourth-order valence-corrected chi connectivity index (χ4v) is 1.68. The summed E-state index contributed by atoms with van der Waals surface area (Å²) in [6.45, 7) is 0. The summed E-state index contributed by atoms with van der Waals surface area (Å²) in [6, 6.07) is 6.67. The number of pyridine rings is 1. The molecule has 1 heterocycles. The number of anilines is 1. The summed E-state index contributed by atoms with van der Waals surface area (Å²) in [4.78, 5) is 15.7. The van der Waals surface area contributed by atoms with Crippen LogP contribution in [0.25, 0.3) is 0 Å². The molecule has 1 aromatic carbocycles. The van der Waals surface area contributed by atoms with E-state index in [0.717, 1.165) is 6.07 Å². The molecule has 92 valence electrons. The number of carbonyl (C=O) groups excluding carboxylic acids is 1. The van der Waals surface area contributed by atoms with E-state index in [0.29, 0.717) is 10.7 Å². The summed E-state index contributed by atoms with van der Waals surface area (Å²) < 4.78 is 12.8. The number of amides is 1. The maximum atomic E-state index is 12.8. The van der Waals surface area contributed by atoms with Crippen molar-refractivity contribution in [3.05, 3.63) is 58.1 Å². The van der Waals surface area contributed by atoms with Gasteiger partial charge in [-0.3, -0.25) is 9.78 Å². The molecule has 0 spiro atoms. The van der Waals surface area contributed by atoms with Crippen molar-refractivity contribution in [1.29, 1.82) is 0 Å². The van der Waals surface area contributed by atoms with Crippen LogP contribution in [0.3, 0.4) is 0 Å². The Morgan fingerprint density at radius 1 is 1.22 bits per heavy atom. The second kappa shape index (κ2) is 5.33. The van der Waals surface area contributed by atoms with Crippen LogP contribution in [0.4, 0.5) is 10.1 Å². The fourth-order valence-electron chi connectivity index (χ4n) is 1.31. The quantitative estimate of drug-likeness (QED) is 0.912. The first kappa shape index (κ1) is 12.8. The first-order chi connectivity index (χ1) is 8.56. The van der Waals surface area contributed by atoms with Crippen molar-refractivity contribution >= 4 is 34.8 Å². The maximum Gasteiger partial charge on any atom is 0.274 e. The third-order valence-electron chi connectivity index (χ3n) is 2.13. The number of hydrogen-bond donors (Lipinski definition) is 1. The van der Waals surface area contributed by atoms with Crippen LogP contribution in [0, 0.1) is 5.82 Å². The van der Waals surface area contributed by atoms with E-state index in [1.54, 1.807) is 6.07 Å². The van der Waals surface area contributed by atoms with Gasteiger partial charge in [-0.1, -0.05) is 23.2 Å². The Morgan fingerprint density at radius 3 is 2.67 bits per heavy atom. The molecular formula is C12H7Cl2FN2O. The number of aromatic nitrogens is 1. The summed E-state index contributed by atoms with van der Waals surface area (Å²) in [5.74, 6) is -0.940. The fraction of sp³-hybridized carbons (Fsp3) is 0. The van der Waals surface area contributed by atoms with Gasteiger partial charge in [0.2, 0.25) is 0 Å². The number of hydrogen-bond acceptors (Lipinski definition) is 2. The van der Waals surface area contributed by atoms with Gasteiger partial charge in [0.25, 0.3) is 5.91 Å². The van der Waals surface area contributed by atoms with Crippen LogP contribution in [-0.2, 0) is 0 Å². The Balaban J connectivity index is 2.21. The molecule has 3 nitrogen and oxygen atoms in total. The molecule has 0 atom stereocenters. The zero-order valence-corrected chi connectivity index (χ0v) is 10.5. The summed E-state index contributed by atoms with van der Waals surface area (Å²) >= 11 is 11.5. The van der Waals surface area contributed by atoms with Crippen molar-refractivity contribution in [2.75, 3.05) is 5.32 Å². The Kier molecular flexibility index (Phi) is 3.79. The van der Waals surface area contributed by atoms with E-state index >= 15 is 0 Å². The number of carbonyl (C=O) groups is 1. The predicted octanol–water partition coefficient (Wildman–Crippen LogP) is 3.78. The highest BCUT2D eigenvalue weighted by Crippen LogP contribution is 2.23. The van der Waals surface area contributed by atoms with E-state index in [2.05, 4.69) is 10.3 Å². The van der Waals surface area contributed by atoms with Crippen LogP contribution in [0.1, 0.15) is 10.5 Å². The maximum absolute atomic E-state index is 12.8. The molecule has 1 N–H and O–H groups in total. The molecular weight excluding hydrogens is 278 g/mol. The molecule has 0 fully saturated rings. The highest BCUT2D eigenvalue weighted by molar-refractivity contribution is 6.34. The van der Waals surface area contributed by atoms with Crippen LogP contribution in [0.2, 0.25) is 10.0 Å². The summed E-state index contributed by atoms with van der Waals surface area (Å²) in [5, 5.41) is 3.04. The van der Waals surface area contributed by atoms with Gasteiger partial charge in [0.1, 0.15) is 11.5 Å². The monoisotopic (exact) mass is 284 g/mol. The molecule has 0 radical (unpaired) electrons. The smallest absolute Gasteiger partial charge is 0.274 e. The van der Waals surface area contributed by atoms with Crippen molar-refractivity contribution in [3.8, 4) is 0 Å². The van der Waals surface area contributed by atoms with Crippen LogP contribution >= 0.6 is 23.2 Å². The minimum Gasteiger partial charge on any atom is -0.319 e. The molecule has 0 aliphatic carbocycles. The zero-order chi connectivity index (χ0) is 13.1. The van der Waals surface area contributed by atoms with Crippen molar-refractivity contribution in [2.24, 2.45) is 0 Å². The predicted molar refractivity (Wildman–Crippen MR) is 68.6 cm³/mol. The first-order valence-electron chi connectivity index (χ1n) is 4.94. The average Bonchev–Trinajstić information content (AvgIpc) is 2.32. The molecule has 0 bridgehead atoms. The van der Waals surface area contributed by atoms with E-state index in [1.807, 2.05) is 0 Å².